The highest BCUT2D eigenvalue weighted by Gasteiger charge is 2.24. The molecule has 2 aromatic rings. The molecule has 1 N–H and O–H groups in total. The summed E-state index contributed by atoms with van der Waals surface area (Å²) in [5, 5.41) is 6.50. The molecule has 1 saturated heterocycles. The van der Waals surface area contributed by atoms with Gasteiger partial charge in [-0.2, -0.15) is 5.10 Å². The Morgan fingerprint density at radius 3 is 3.05 bits per heavy atom. The number of likely N-dealkylation sites (tertiary alicyclic amines) is 1. The van der Waals surface area contributed by atoms with Crippen molar-refractivity contribution in [2.24, 2.45) is 5.92 Å². The van der Waals surface area contributed by atoms with Crippen LogP contribution in [-0.2, 0) is 6.42 Å². The van der Waals surface area contributed by atoms with Crippen LogP contribution in [0.15, 0.2) is 36.7 Å². The molecule has 3 rings (SSSR count). The van der Waals surface area contributed by atoms with Crippen LogP contribution in [0.25, 0.3) is 0 Å². The van der Waals surface area contributed by atoms with Crippen molar-refractivity contribution in [3.05, 3.63) is 53.6 Å². The summed E-state index contributed by atoms with van der Waals surface area (Å²) in [6, 6.07) is 6.93. The van der Waals surface area contributed by atoms with E-state index < -0.39 is 0 Å². The van der Waals surface area contributed by atoms with Crippen LogP contribution in [0.3, 0.4) is 0 Å². The number of nitrogens with one attached hydrogen (secondary N) is 1. The Labute approximate surface area is 129 Å². The molecule has 116 valence electrons. The number of aromatic amines is 1. The number of H-pyrrole nitrogens is 1. The number of aromatic nitrogens is 2. The number of nitrogens with zero attached hydrogens (tertiary/aromatic N) is 2. The molecule has 0 bridgehead atoms. The van der Waals surface area contributed by atoms with Crippen molar-refractivity contribution in [2.45, 2.75) is 25.7 Å². The first-order chi connectivity index (χ1) is 10.7. The first kappa shape index (κ1) is 14.8. The number of aryl methyl sites for hydroxylation is 1. The largest absolute Gasteiger partial charge is 0.338 e. The molecular weight excluding hydrogens is 281 g/mol. The first-order valence-corrected chi connectivity index (χ1v) is 7.75. The van der Waals surface area contributed by atoms with Crippen LogP contribution in [0.1, 0.15) is 35.2 Å². The Morgan fingerprint density at radius 1 is 1.41 bits per heavy atom. The molecule has 2 heterocycles. The lowest BCUT2D eigenvalue weighted by Gasteiger charge is -2.32. The maximum Gasteiger partial charge on any atom is 0.257 e. The third kappa shape index (κ3) is 3.35. The van der Waals surface area contributed by atoms with Gasteiger partial charge in [0.25, 0.3) is 5.91 Å². The van der Waals surface area contributed by atoms with Gasteiger partial charge in [-0.3, -0.25) is 9.89 Å². The number of hydrogen-bond acceptors (Lipinski definition) is 2. The monoisotopic (exact) mass is 301 g/mol. The fraction of sp³-hybridized carbons (Fsp3) is 0.412. The van der Waals surface area contributed by atoms with E-state index in [4.69, 9.17) is 0 Å². The summed E-state index contributed by atoms with van der Waals surface area (Å²) in [4.78, 5) is 14.2. The molecule has 1 aliphatic heterocycles. The Morgan fingerprint density at radius 2 is 2.27 bits per heavy atom. The van der Waals surface area contributed by atoms with E-state index >= 15 is 0 Å². The lowest BCUT2D eigenvalue weighted by atomic mass is 9.91. The molecule has 4 nitrogen and oxygen atoms in total. The summed E-state index contributed by atoms with van der Waals surface area (Å²) >= 11 is 0. The molecule has 1 aliphatic rings. The van der Waals surface area contributed by atoms with Crippen LogP contribution in [-0.4, -0.2) is 34.1 Å². The SMILES string of the molecule is O=C(c1cn[nH]c1)N1CCCC(CCc2ccccc2F)C1. The summed E-state index contributed by atoms with van der Waals surface area (Å²) in [7, 11) is 0. The maximum absolute atomic E-state index is 13.7. The number of halogens is 1. The summed E-state index contributed by atoms with van der Waals surface area (Å²) in [5.74, 6) is 0.332. The number of hydrogen-bond donors (Lipinski definition) is 1. The highest BCUT2D eigenvalue weighted by Crippen LogP contribution is 2.23. The quantitative estimate of drug-likeness (QED) is 0.943. The van der Waals surface area contributed by atoms with Gasteiger partial charge in [-0.25, -0.2) is 4.39 Å². The normalized spacial score (nSPS) is 18.4. The van der Waals surface area contributed by atoms with E-state index in [1.165, 1.54) is 6.07 Å². The second-order valence-corrected chi connectivity index (χ2v) is 5.88. The zero-order valence-corrected chi connectivity index (χ0v) is 12.5. The van der Waals surface area contributed by atoms with Gasteiger partial charge >= 0.3 is 0 Å². The second-order valence-electron chi connectivity index (χ2n) is 5.88. The molecule has 1 aromatic carbocycles. The van der Waals surface area contributed by atoms with E-state index in [2.05, 4.69) is 10.2 Å². The Hall–Kier alpha value is -2.17. The van der Waals surface area contributed by atoms with E-state index in [1.807, 2.05) is 17.0 Å². The van der Waals surface area contributed by atoms with Crippen molar-refractivity contribution in [3.63, 3.8) is 0 Å². The number of amides is 1. The smallest absolute Gasteiger partial charge is 0.257 e. The molecular formula is C17H20FN3O. The lowest BCUT2D eigenvalue weighted by Crippen LogP contribution is -2.39. The minimum Gasteiger partial charge on any atom is -0.338 e. The van der Waals surface area contributed by atoms with Crippen LogP contribution in [0.5, 0.6) is 0 Å². The summed E-state index contributed by atoms with van der Waals surface area (Å²) in [6.45, 7) is 1.54. The number of carbonyl (C=O) groups is 1. The number of piperidine rings is 1. The standard InChI is InChI=1S/C17H20FN3O/c18-16-6-2-1-5-14(16)8-7-13-4-3-9-21(12-13)17(22)15-10-19-20-11-15/h1-2,5-6,10-11,13H,3-4,7-9,12H2,(H,19,20). The zero-order valence-electron chi connectivity index (χ0n) is 12.5. The van der Waals surface area contributed by atoms with Gasteiger partial charge in [0.1, 0.15) is 5.82 Å². The molecule has 1 amide bonds. The minimum absolute atomic E-state index is 0.0318. The maximum atomic E-state index is 13.7. The number of rotatable bonds is 4. The van der Waals surface area contributed by atoms with E-state index in [-0.39, 0.29) is 11.7 Å². The van der Waals surface area contributed by atoms with Crippen molar-refractivity contribution < 1.29 is 9.18 Å². The van der Waals surface area contributed by atoms with Crippen LogP contribution >= 0.6 is 0 Å². The van der Waals surface area contributed by atoms with Gasteiger partial charge < -0.3 is 4.90 Å². The highest BCUT2D eigenvalue weighted by molar-refractivity contribution is 5.93. The second kappa shape index (κ2) is 6.73. The molecule has 1 atom stereocenters. The average molecular weight is 301 g/mol. The van der Waals surface area contributed by atoms with Crippen LogP contribution in [0.2, 0.25) is 0 Å². The number of carbonyl (C=O) groups excluding carboxylic acids is 1. The average Bonchev–Trinajstić information content (AvgIpc) is 3.08. The van der Waals surface area contributed by atoms with Crippen molar-refractivity contribution in [1.82, 2.24) is 15.1 Å². The van der Waals surface area contributed by atoms with Crippen molar-refractivity contribution >= 4 is 5.91 Å². The van der Waals surface area contributed by atoms with Crippen molar-refractivity contribution in [1.29, 1.82) is 0 Å². The van der Waals surface area contributed by atoms with Crippen molar-refractivity contribution in [3.8, 4) is 0 Å². The third-order valence-corrected chi connectivity index (χ3v) is 4.33. The topological polar surface area (TPSA) is 49.0 Å². The predicted octanol–water partition coefficient (Wildman–Crippen LogP) is 3.03. The Balaban J connectivity index is 1.57. The molecule has 0 aliphatic carbocycles. The van der Waals surface area contributed by atoms with Gasteiger partial charge in [-0.15, -0.1) is 0 Å². The molecule has 0 radical (unpaired) electrons. The van der Waals surface area contributed by atoms with Gasteiger partial charge in [-0.05, 0) is 43.2 Å². The van der Waals surface area contributed by atoms with Gasteiger partial charge in [0.15, 0.2) is 0 Å². The van der Waals surface area contributed by atoms with Crippen LogP contribution in [0.4, 0.5) is 4.39 Å². The first-order valence-electron chi connectivity index (χ1n) is 7.75. The lowest BCUT2D eigenvalue weighted by molar-refractivity contribution is 0.0668. The highest BCUT2D eigenvalue weighted by atomic mass is 19.1. The summed E-state index contributed by atoms with van der Waals surface area (Å²) < 4.78 is 13.7. The number of benzene rings is 1. The Bertz CT molecular complexity index is 627. The molecule has 0 spiro atoms. The van der Waals surface area contributed by atoms with Crippen molar-refractivity contribution in [2.75, 3.05) is 13.1 Å². The minimum atomic E-state index is -0.135. The van der Waals surface area contributed by atoms with Crippen LogP contribution in [0, 0.1) is 11.7 Å². The van der Waals surface area contributed by atoms with Gasteiger partial charge in [0.05, 0.1) is 11.8 Å². The van der Waals surface area contributed by atoms with Gasteiger partial charge in [0.2, 0.25) is 0 Å². The predicted molar refractivity (Wildman–Crippen MR) is 81.9 cm³/mol. The fourth-order valence-corrected chi connectivity index (χ4v) is 3.10. The van der Waals surface area contributed by atoms with E-state index in [0.717, 1.165) is 44.3 Å². The van der Waals surface area contributed by atoms with Crippen LogP contribution < -0.4 is 0 Å². The fourth-order valence-electron chi connectivity index (χ4n) is 3.10. The Kier molecular flexibility index (Phi) is 4.51. The van der Waals surface area contributed by atoms with E-state index in [0.29, 0.717) is 11.5 Å². The third-order valence-electron chi connectivity index (χ3n) is 4.33. The molecule has 1 fully saturated rings. The molecule has 0 saturated carbocycles. The summed E-state index contributed by atoms with van der Waals surface area (Å²) in [5.41, 5.74) is 1.37. The summed E-state index contributed by atoms with van der Waals surface area (Å²) in [6.07, 6.45) is 6.94. The molecule has 22 heavy (non-hydrogen) atoms. The zero-order chi connectivity index (χ0) is 15.4. The molecule has 1 aromatic heterocycles. The molecule has 5 heteroatoms. The van der Waals surface area contributed by atoms with Gasteiger partial charge in [-0.1, -0.05) is 18.2 Å². The van der Waals surface area contributed by atoms with Gasteiger partial charge in [0, 0.05) is 19.3 Å². The molecule has 1 unspecified atom stereocenters. The van der Waals surface area contributed by atoms with E-state index in [9.17, 15) is 9.18 Å². The van der Waals surface area contributed by atoms with E-state index in [1.54, 1.807) is 18.5 Å².